The van der Waals surface area contributed by atoms with Gasteiger partial charge >= 0.3 is 5.97 Å². The third kappa shape index (κ3) is 4.88. The highest BCUT2D eigenvalue weighted by Crippen LogP contribution is 2.33. The van der Waals surface area contributed by atoms with Gasteiger partial charge < -0.3 is 14.8 Å². The molecule has 0 saturated carbocycles. The number of allylic oxidation sites excluding steroid dienone is 1. The maximum Gasteiger partial charge on any atom is 0.335 e. The number of para-hydroxylation sites is 1. The van der Waals surface area contributed by atoms with Crippen LogP contribution < -0.4 is 20.2 Å². The molecule has 10 heteroatoms. The molecule has 0 saturated heterocycles. The van der Waals surface area contributed by atoms with Crippen molar-refractivity contribution in [3.8, 4) is 11.3 Å². The summed E-state index contributed by atoms with van der Waals surface area (Å²) in [7, 11) is 0. The Morgan fingerprint density at radius 3 is 2.56 bits per heavy atom. The largest absolute Gasteiger partial charge is 0.478 e. The number of amides is 1. The van der Waals surface area contributed by atoms with Gasteiger partial charge in [0.15, 0.2) is 4.80 Å². The molecule has 4 heterocycles. The van der Waals surface area contributed by atoms with Crippen LogP contribution in [0.5, 0.6) is 0 Å². The molecule has 0 unspecified atom stereocenters. The minimum absolute atomic E-state index is 0.199. The summed E-state index contributed by atoms with van der Waals surface area (Å²) in [6.07, 6.45) is 1.65. The Bertz CT molecular complexity index is 2020. The Kier molecular flexibility index (Phi) is 6.86. The standard InChI is InChI=1S/C31H23N3O5S2/c1-17-21(10-6-11-22(17)30(37)38)23-14-13-20(39-23)16-25-29(36)34-27(24-12-7-15-40-24)26(18(2)32-31(34)41-25)28(35)33-19-8-4-3-5-9-19/h3-16,27H,1-2H3,(H,33,35)(H,37,38)/b25-16-/t27-/m0/s1. The Morgan fingerprint density at radius 2 is 1.83 bits per heavy atom. The minimum atomic E-state index is -1.01. The van der Waals surface area contributed by atoms with Crippen LogP contribution in [0, 0.1) is 6.92 Å². The molecule has 0 radical (unpaired) electrons. The lowest BCUT2D eigenvalue weighted by molar-refractivity contribution is -0.113. The van der Waals surface area contributed by atoms with E-state index in [-0.39, 0.29) is 17.0 Å². The van der Waals surface area contributed by atoms with Crippen molar-refractivity contribution in [2.45, 2.75) is 19.9 Å². The number of nitrogens with zero attached hydrogens (tertiary/aromatic N) is 2. The SMILES string of the molecule is CC1=C(C(=O)Nc2ccccc2)[C@H](c2cccs2)n2c(s/c(=C\c3ccc(-c4cccc(C(=O)O)c4C)o3)c2=O)=N1. The fraction of sp³-hybridized carbons (Fsp3) is 0.0968. The van der Waals surface area contributed by atoms with Gasteiger partial charge in [0.2, 0.25) is 0 Å². The van der Waals surface area contributed by atoms with E-state index >= 15 is 0 Å². The third-order valence-corrected chi connectivity index (χ3v) is 8.75. The first-order valence-corrected chi connectivity index (χ1v) is 14.4. The molecule has 3 aromatic heterocycles. The number of hydrogen-bond acceptors (Lipinski definition) is 7. The van der Waals surface area contributed by atoms with Gasteiger partial charge in [0, 0.05) is 22.2 Å². The van der Waals surface area contributed by atoms with Gasteiger partial charge in [0.05, 0.1) is 21.4 Å². The van der Waals surface area contributed by atoms with Crippen molar-refractivity contribution in [3.63, 3.8) is 0 Å². The first-order chi connectivity index (χ1) is 19.8. The van der Waals surface area contributed by atoms with E-state index in [2.05, 4.69) is 10.3 Å². The van der Waals surface area contributed by atoms with Crippen molar-refractivity contribution in [3.05, 3.63) is 131 Å². The number of aromatic nitrogens is 1. The zero-order valence-electron chi connectivity index (χ0n) is 22.0. The number of carboxylic acid groups (broad SMARTS) is 1. The van der Waals surface area contributed by atoms with Gasteiger partial charge in [-0.15, -0.1) is 11.3 Å². The molecule has 5 aromatic rings. The van der Waals surface area contributed by atoms with Crippen molar-refractivity contribution in [2.24, 2.45) is 4.99 Å². The molecular weight excluding hydrogens is 558 g/mol. The number of furan rings is 1. The summed E-state index contributed by atoms with van der Waals surface area (Å²) < 4.78 is 8.00. The van der Waals surface area contributed by atoms with E-state index in [1.807, 2.05) is 35.7 Å². The first-order valence-electron chi connectivity index (χ1n) is 12.7. The smallest absolute Gasteiger partial charge is 0.335 e. The fourth-order valence-electron chi connectivity index (χ4n) is 4.89. The molecule has 1 aliphatic heterocycles. The number of anilines is 1. The number of carbonyl (C=O) groups excluding carboxylic acids is 1. The quantitative estimate of drug-likeness (QED) is 0.286. The van der Waals surface area contributed by atoms with E-state index in [1.165, 1.54) is 22.7 Å². The average Bonchev–Trinajstić information content (AvgIpc) is 3.70. The molecule has 1 amide bonds. The van der Waals surface area contributed by atoms with E-state index in [4.69, 9.17) is 4.42 Å². The van der Waals surface area contributed by atoms with Crippen LogP contribution in [0.2, 0.25) is 0 Å². The topological polar surface area (TPSA) is 114 Å². The number of carboxylic acids is 1. The highest BCUT2D eigenvalue weighted by Gasteiger charge is 2.33. The van der Waals surface area contributed by atoms with Crippen molar-refractivity contribution in [2.75, 3.05) is 5.32 Å². The number of hydrogen-bond donors (Lipinski definition) is 2. The van der Waals surface area contributed by atoms with E-state index < -0.39 is 12.0 Å². The molecule has 2 aromatic carbocycles. The second-order valence-corrected chi connectivity index (χ2v) is 11.4. The normalized spacial score (nSPS) is 15.0. The van der Waals surface area contributed by atoms with Crippen molar-refractivity contribution < 1.29 is 19.1 Å². The second kappa shape index (κ2) is 10.6. The summed E-state index contributed by atoms with van der Waals surface area (Å²) >= 11 is 2.69. The molecule has 204 valence electrons. The zero-order valence-corrected chi connectivity index (χ0v) is 23.6. The molecule has 0 bridgehead atoms. The minimum Gasteiger partial charge on any atom is -0.478 e. The lowest BCUT2D eigenvalue weighted by Crippen LogP contribution is -2.40. The zero-order chi connectivity index (χ0) is 28.7. The molecule has 2 N–H and O–H groups in total. The third-order valence-electron chi connectivity index (χ3n) is 6.84. The molecular formula is C31H23N3O5S2. The summed E-state index contributed by atoms with van der Waals surface area (Å²) in [4.78, 5) is 44.9. The van der Waals surface area contributed by atoms with E-state index in [0.717, 1.165) is 4.88 Å². The molecule has 8 nitrogen and oxygen atoms in total. The van der Waals surface area contributed by atoms with E-state index in [0.29, 0.717) is 48.9 Å². The Labute approximate surface area is 241 Å². The predicted molar refractivity (Wildman–Crippen MR) is 159 cm³/mol. The number of benzene rings is 2. The summed E-state index contributed by atoms with van der Waals surface area (Å²) in [6.45, 7) is 3.52. The summed E-state index contributed by atoms with van der Waals surface area (Å²) in [6, 6.07) is 20.8. The number of thiazole rings is 1. The first kappa shape index (κ1) is 26.4. The maximum absolute atomic E-state index is 13.8. The summed E-state index contributed by atoms with van der Waals surface area (Å²) in [5.41, 5.74) is 2.76. The lowest BCUT2D eigenvalue weighted by Gasteiger charge is -2.24. The molecule has 0 fully saturated rings. The van der Waals surface area contributed by atoms with Crippen LogP contribution in [0.15, 0.2) is 104 Å². The Hall–Kier alpha value is -4.80. The van der Waals surface area contributed by atoms with Crippen LogP contribution in [-0.4, -0.2) is 21.6 Å². The predicted octanol–water partition coefficient (Wildman–Crippen LogP) is 5.20. The highest BCUT2D eigenvalue weighted by molar-refractivity contribution is 7.10. The average molecular weight is 582 g/mol. The molecule has 0 spiro atoms. The molecule has 6 rings (SSSR count). The van der Waals surface area contributed by atoms with Crippen LogP contribution in [0.4, 0.5) is 5.69 Å². The van der Waals surface area contributed by atoms with E-state index in [9.17, 15) is 19.5 Å². The van der Waals surface area contributed by atoms with Gasteiger partial charge in [0.25, 0.3) is 11.5 Å². The van der Waals surface area contributed by atoms with Gasteiger partial charge in [-0.2, -0.15) is 0 Å². The van der Waals surface area contributed by atoms with Crippen LogP contribution in [-0.2, 0) is 4.79 Å². The molecule has 41 heavy (non-hydrogen) atoms. The van der Waals surface area contributed by atoms with Gasteiger partial charge in [0.1, 0.15) is 17.6 Å². The second-order valence-electron chi connectivity index (χ2n) is 9.40. The van der Waals surface area contributed by atoms with Crippen molar-refractivity contribution in [1.29, 1.82) is 0 Å². The van der Waals surface area contributed by atoms with E-state index in [1.54, 1.807) is 67.0 Å². The van der Waals surface area contributed by atoms with Crippen LogP contribution >= 0.6 is 22.7 Å². The van der Waals surface area contributed by atoms with Crippen molar-refractivity contribution >= 4 is 46.3 Å². The lowest BCUT2D eigenvalue weighted by atomic mass is 10.0. The van der Waals surface area contributed by atoms with Gasteiger partial charge in [-0.25, -0.2) is 9.79 Å². The molecule has 1 atom stereocenters. The monoisotopic (exact) mass is 581 g/mol. The summed E-state index contributed by atoms with van der Waals surface area (Å²) in [5, 5.41) is 14.3. The van der Waals surface area contributed by atoms with Crippen LogP contribution in [0.1, 0.15) is 39.5 Å². The summed E-state index contributed by atoms with van der Waals surface area (Å²) in [5.74, 6) is -0.392. The fourth-order valence-corrected chi connectivity index (χ4v) is 6.74. The number of thiophene rings is 1. The van der Waals surface area contributed by atoms with Crippen molar-refractivity contribution in [1.82, 2.24) is 4.57 Å². The highest BCUT2D eigenvalue weighted by atomic mass is 32.1. The number of aromatic carboxylic acids is 1. The number of rotatable bonds is 6. The Balaban J connectivity index is 1.42. The number of fused-ring (bicyclic) bond motifs is 1. The number of nitrogens with one attached hydrogen (secondary N) is 1. The van der Waals surface area contributed by atoms with Crippen LogP contribution in [0.3, 0.4) is 0 Å². The Morgan fingerprint density at radius 1 is 1.02 bits per heavy atom. The molecule has 1 aliphatic rings. The van der Waals surface area contributed by atoms with Gasteiger partial charge in [-0.3, -0.25) is 14.2 Å². The number of carbonyl (C=O) groups is 2. The van der Waals surface area contributed by atoms with Crippen LogP contribution in [0.25, 0.3) is 17.4 Å². The van der Waals surface area contributed by atoms with Gasteiger partial charge in [-0.05, 0) is 61.2 Å². The maximum atomic E-state index is 13.8. The molecule has 0 aliphatic carbocycles. The van der Waals surface area contributed by atoms with Gasteiger partial charge in [-0.1, -0.05) is 47.7 Å².